The molecular weight excluding hydrogens is 212 g/mol. The Morgan fingerprint density at radius 1 is 1.41 bits per heavy atom. The molecule has 1 aromatic rings. The van der Waals surface area contributed by atoms with Crippen molar-refractivity contribution >= 4 is 0 Å². The molecule has 0 aliphatic heterocycles. The molecule has 0 spiro atoms. The summed E-state index contributed by atoms with van der Waals surface area (Å²) < 4.78 is 5.52. The van der Waals surface area contributed by atoms with Crippen LogP contribution in [0.15, 0.2) is 16.7 Å². The average molecular weight is 238 g/mol. The molecule has 98 valence electrons. The van der Waals surface area contributed by atoms with Gasteiger partial charge in [0, 0.05) is 6.54 Å². The third-order valence-electron chi connectivity index (χ3n) is 3.08. The third-order valence-corrected chi connectivity index (χ3v) is 3.08. The lowest BCUT2D eigenvalue weighted by molar-refractivity contribution is 0.165. The number of hydrogen-bond acceptors (Lipinski definition) is 3. The minimum Gasteiger partial charge on any atom is -0.468 e. The molecule has 0 atom stereocenters. The Balaban J connectivity index is 2.63. The quantitative estimate of drug-likeness (QED) is 0.794. The van der Waals surface area contributed by atoms with Gasteiger partial charge in [0.25, 0.3) is 0 Å². The zero-order valence-corrected chi connectivity index (χ0v) is 11.6. The van der Waals surface area contributed by atoms with Gasteiger partial charge in [0.05, 0.1) is 12.8 Å². The van der Waals surface area contributed by atoms with E-state index in [0.29, 0.717) is 6.54 Å². The van der Waals surface area contributed by atoms with Crippen LogP contribution in [0, 0.1) is 12.3 Å². The van der Waals surface area contributed by atoms with Gasteiger partial charge in [0.15, 0.2) is 0 Å². The SMILES string of the molecule is CCCN(Cc1occc1C)CC(C)(C)CN. The minimum atomic E-state index is 0.162. The van der Waals surface area contributed by atoms with Gasteiger partial charge >= 0.3 is 0 Å². The highest BCUT2D eigenvalue weighted by atomic mass is 16.3. The summed E-state index contributed by atoms with van der Waals surface area (Å²) in [5, 5.41) is 0. The molecule has 0 bridgehead atoms. The molecule has 3 nitrogen and oxygen atoms in total. The van der Waals surface area contributed by atoms with E-state index in [2.05, 4.69) is 32.6 Å². The first-order valence-electron chi connectivity index (χ1n) is 6.44. The smallest absolute Gasteiger partial charge is 0.120 e. The van der Waals surface area contributed by atoms with Gasteiger partial charge in [0.1, 0.15) is 5.76 Å². The maximum Gasteiger partial charge on any atom is 0.120 e. The van der Waals surface area contributed by atoms with Crippen LogP contribution >= 0.6 is 0 Å². The number of furan rings is 1. The van der Waals surface area contributed by atoms with E-state index in [1.54, 1.807) is 6.26 Å². The van der Waals surface area contributed by atoms with Crippen molar-refractivity contribution < 1.29 is 4.42 Å². The van der Waals surface area contributed by atoms with E-state index < -0.39 is 0 Å². The maximum atomic E-state index is 5.80. The Hall–Kier alpha value is -0.800. The van der Waals surface area contributed by atoms with Crippen LogP contribution in [0.4, 0.5) is 0 Å². The summed E-state index contributed by atoms with van der Waals surface area (Å²) in [7, 11) is 0. The van der Waals surface area contributed by atoms with Gasteiger partial charge in [-0.2, -0.15) is 0 Å². The number of nitrogens with two attached hydrogens (primary N) is 1. The van der Waals surface area contributed by atoms with Crippen molar-refractivity contribution in [3.05, 3.63) is 23.7 Å². The number of nitrogens with zero attached hydrogens (tertiary/aromatic N) is 1. The lowest BCUT2D eigenvalue weighted by atomic mass is 9.93. The second-order valence-electron chi connectivity index (χ2n) is 5.61. The van der Waals surface area contributed by atoms with Gasteiger partial charge in [-0.05, 0) is 43.5 Å². The van der Waals surface area contributed by atoms with Crippen LogP contribution in [0.25, 0.3) is 0 Å². The third kappa shape index (κ3) is 4.52. The highest BCUT2D eigenvalue weighted by molar-refractivity contribution is 5.14. The van der Waals surface area contributed by atoms with Crippen molar-refractivity contribution in [1.29, 1.82) is 0 Å². The van der Waals surface area contributed by atoms with Gasteiger partial charge in [-0.1, -0.05) is 20.8 Å². The molecule has 0 saturated heterocycles. The van der Waals surface area contributed by atoms with Gasteiger partial charge in [0.2, 0.25) is 0 Å². The number of hydrogen-bond donors (Lipinski definition) is 1. The zero-order valence-electron chi connectivity index (χ0n) is 11.6. The molecule has 0 aliphatic rings. The average Bonchev–Trinajstić information content (AvgIpc) is 2.64. The summed E-state index contributed by atoms with van der Waals surface area (Å²) in [5.74, 6) is 1.08. The van der Waals surface area contributed by atoms with Crippen LogP contribution in [0.2, 0.25) is 0 Å². The number of rotatable bonds is 7. The zero-order chi connectivity index (χ0) is 12.9. The summed E-state index contributed by atoms with van der Waals surface area (Å²) in [4.78, 5) is 2.43. The highest BCUT2D eigenvalue weighted by Crippen LogP contribution is 2.18. The molecule has 0 radical (unpaired) electrons. The summed E-state index contributed by atoms with van der Waals surface area (Å²) >= 11 is 0. The van der Waals surface area contributed by atoms with E-state index in [4.69, 9.17) is 10.2 Å². The molecule has 0 fully saturated rings. The van der Waals surface area contributed by atoms with Crippen LogP contribution in [0.5, 0.6) is 0 Å². The van der Waals surface area contributed by atoms with Crippen molar-refractivity contribution in [1.82, 2.24) is 4.90 Å². The Labute approximate surface area is 105 Å². The first-order valence-corrected chi connectivity index (χ1v) is 6.44. The molecule has 1 heterocycles. The molecule has 1 aromatic heterocycles. The van der Waals surface area contributed by atoms with Crippen LogP contribution in [-0.2, 0) is 6.54 Å². The van der Waals surface area contributed by atoms with Gasteiger partial charge in [-0.3, -0.25) is 4.90 Å². The molecule has 17 heavy (non-hydrogen) atoms. The lowest BCUT2D eigenvalue weighted by Crippen LogP contribution is -2.38. The van der Waals surface area contributed by atoms with Crippen LogP contribution in [-0.4, -0.2) is 24.5 Å². The van der Waals surface area contributed by atoms with E-state index in [9.17, 15) is 0 Å². The lowest BCUT2D eigenvalue weighted by Gasteiger charge is -2.31. The van der Waals surface area contributed by atoms with Crippen LogP contribution in [0.1, 0.15) is 38.5 Å². The normalized spacial score (nSPS) is 12.4. The Morgan fingerprint density at radius 2 is 2.12 bits per heavy atom. The van der Waals surface area contributed by atoms with Gasteiger partial charge < -0.3 is 10.2 Å². The van der Waals surface area contributed by atoms with E-state index >= 15 is 0 Å². The molecule has 0 aromatic carbocycles. The van der Waals surface area contributed by atoms with E-state index in [0.717, 1.165) is 31.8 Å². The first-order chi connectivity index (χ1) is 7.98. The topological polar surface area (TPSA) is 42.4 Å². The molecule has 0 saturated carbocycles. The molecule has 2 N–H and O–H groups in total. The van der Waals surface area contributed by atoms with Crippen molar-refractivity contribution in [2.24, 2.45) is 11.1 Å². The Bertz CT molecular complexity index is 331. The summed E-state index contributed by atoms with van der Waals surface area (Å²) in [6.07, 6.45) is 2.92. The standard InChI is InChI=1S/C14H26N2O/c1-5-7-16(11-14(3,4)10-15)9-13-12(2)6-8-17-13/h6,8H,5,7,9-11,15H2,1-4H3. The van der Waals surface area contributed by atoms with Gasteiger partial charge in [-0.25, -0.2) is 0 Å². The molecule has 3 heteroatoms. The van der Waals surface area contributed by atoms with E-state index in [1.165, 1.54) is 5.56 Å². The first kappa shape index (κ1) is 14.3. The van der Waals surface area contributed by atoms with E-state index in [1.807, 2.05) is 6.07 Å². The van der Waals surface area contributed by atoms with Crippen LogP contribution in [0.3, 0.4) is 0 Å². The molecule has 1 rings (SSSR count). The second-order valence-corrected chi connectivity index (χ2v) is 5.61. The van der Waals surface area contributed by atoms with Crippen molar-refractivity contribution in [3.8, 4) is 0 Å². The van der Waals surface area contributed by atoms with Crippen molar-refractivity contribution in [2.45, 2.75) is 40.7 Å². The predicted octanol–water partition coefficient (Wildman–Crippen LogP) is 2.78. The summed E-state index contributed by atoms with van der Waals surface area (Å²) in [6, 6.07) is 2.02. The summed E-state index contributed by atoms with van der Waals surface area (Å²) in [6.45, 7) is 12.4. The Morgan fingerprint density at radius 3 is 2.59 bits per heavy atom. The maximum absolute atomic E-state index is 5.80. The fourth-order valence-corrected chi connectivity index (χ4v) is 1.97. The van der Waals surface area contributed by atoms with Crippen molar-refractivity contribution in [2.75, 3.05) is 19.6 Å². The van der Waals surface area contributed by atoms with Crippen molar-refractivity contribution in [3.63, 3.8) is 0 Å². The predicted molar refractivity (Wildman–Crippen MR) is 71.8 cm³/mol. The van der Waals surface area contributed by atoms with Gasteiger partial charge in [-0.15, -0.1) is 0 Å². The minimum absolute atomic E-state index is 0.162. The molecular formula is C14H26N2O. The fourth-order valence-electron chi connectivity index (χ4n) is 1.97. The van der Waals surface area contributed by atoms with Crippen LogP contribution < -0.4 is 5.73 Å². The summed E-state index contributed by atoms with van der Waals surface area (Å²) in [5.41, 5.74) is 7.20. The Kier molecular flexibility index (Phi) is 5.22. The molecule has 0 aliphatic carbocycles. The fraction of sp³-hybridized carbons (Fsp3) is 0.714. The largest absolute Gasteiger partial charge is 0.468 e. The molecule has 0 unspecified atom stereocenters. The van der Waals surface area contributed by atoms with E-state index in [-0.39, 0.29) is 5.41 Å². The highest BCUT2D eigenvalue weighted by Gasteiger charge is 2.20. The second kappa shape index (κ2) is 6.22. The monoisotopic (exact) mass is 238 g/mol. The molecule has 0 amide bonds. The number of aryl methyl sites for hydroxylation is 1.